The first-order valence-corrected chi connectivity index (χ1v) is 4.76. The van der Waals surface area contributed by atoms with Gasteiger partial charge in [-0.3, -0.25) is 0 Å². The number of nitrogens with one attached hydrogen (secondary N) is 2. The van der Waals surface area contributed by atoms with Crippen molar-refractivity contribution in [3.8, 4) is 0 Å². The van der Waals surface area contributed by atoms with Crippen LogP contribution in [0.3, 0.4) is 0 Å². The zero-order chi connectivity index (χ0) is 10.4. The van der Waals surface area contributed by atoms with E-state index < -0.39 is 0 Å². The van der Waals surface area contributed by atoms with Crippen molar-refractivity contribution in [1.82, 2.24) is 10.6 Å². The van der Waals surface area contributed by atoms with Crippen LogP contribution in [0.15, 0.2) is 0 Å². The number of hydrogen-bond acceptors (Lipinski definition) is 1. The number of carbonyl (C=O) groups is 1. The molecule has 0 aliphatic heterocycles. The molecule has 0 saturated heterocycles. The Labute approximate surface area is 76.9 Å². The van der Waals surface area contributed by atoms with Gasteiger partial charge in [0, 0.05) is 13.6 Å². The highest BCUT2D eigenvalue weighted by molar-refractivity contribution is 5.73. The Morgan fingerprint density at radius 2 is 1.58 bits per heavy atom. The number of rotatable bonds is 2. The fourth-order valence-electron chi connectivity index (χ4n) is 0.327. The second-order valence-corrected chi connectivity index (χ2v) is 1.51. The van der Waals surface area contributed by atoms with Gasteiger partial charge in [-0.1, -0.05) is 34.6 Å². The maximum Gasteiger partial charge on any atom is 0.314 e. The van der Waals surface area contributed by atoms with E-state index in [-0.39, 0.29) is 6.03 Å². The summed E-state index contributed by atoms with van der Waals surface area (Å²) in [6.07, 6.45) is 0.980. The molecular weight excluding hydrogens is 152 g/mol. The highest BCUT2D eigenvalue weighted by Gasteiger charge is 1.89. The number of amides is 2. The molecule has 3 heteroatoms. The summed E-state index contributed by atoms with van der Waals surface area (Å²) < 4.78 is 0. The first kappa shape index (κ1) is 17.4. The zero-order valence-electron chi connectivity index (χ0n) is 9.32. The van der Waals surface area contributed by atoms with Crippen molar-refractivity contribution in [3.05, 3.63) is 0 Å². The Bertz CT molecular complexity index is 74.9. The molecule has 0 aliphatic rings. The Morgan fingerprint density at radius 1 is 1.17 bits per heavy atom. The Hall–Kier alpha value is -0.730. The van der Waals surface area contributed by atoms with E-state index in [1.54, 1.807) is 7.05 Å². The van der Waals surface area contributed by atoms with Crippen LogP contribution in [0.1, 0.15) is 41.0 Å². The van der Waals surface area contributed by atoms with Gasteiger partial charge in [0.15, 0.2) is 0 Å². The zero-order valence-corrected chi connectivity index (χ0v) is 9.32. The van der Waals surface area contributed by atoms with Crippen LogP contribution in [-0.4, -0.2) is 19.6 Å². The van der Waals surface area contributed by atoms with E-state index >= 15 is 0 Å². The third kappa shape index (κ3) is 22.8. The molecule has 0 aromatic carbocycles. The van der Waals surface area contributed by atoms with E-state index in [2.05, 4.69) is 10.6 Å². The van der Waals surface area contributed by atoms with Crippen LogP contribution in [0.4, 0.5) is 4.79 Å². The normalized spacial score (nSPS) is 6.50. The van der Waals surface area contributed by atoms with Gasteiger partial charge in [-0.25, -0.2) is 4.79 Å². The van der Waals surface area contributed by atoms with Crippen LogP contribution in [0, 0.1) is 0 Å². The third-order valence-electron chi connectivity index (χ3n) is 0.763. The van der Waals surface area contributed by atoms with Crippen LogP contribution in [0.5, 0.6) is 0 Å². The summed E-state index contributed by atoms with van der Waals surface area (Å²) in [5.74, 6) is 0. The van der Waals surface area contributed by atoms with E-state index in [0.717, 1.165) is 13.0 Å². The van der Waals surface area contributed by atoms with Crippen LogP contribution in [0.2, 0.25) is 0 Å². The molecule has 0 spiro atoms. The topological polar surface area (TPSA) is 41.1 Å². The lowest BCUT2D eigenvalue weighted by atomic mass is 10.5. The summed E-state index contributed by atoms with van der Waals surface area (Å²) in [5, 5.41) is 5.08. The molecule has 0 heterocycles. The fourth-order valence-corrected chi connectivity index (χ4v) is 0.327. The van der Waals surface area contributed by atoms with Gasteiger partial charge in [0.1, 0.15) is 0 Å². The molecule has 2 amide bonds. The molecular formula is C9H24N2O. The highest BCUT2D eigenvalue weighted by atomic mass is 16.2. The van der Waals surface area contributed by atoms with E-state index in [1.165, 1.54) is 0 Å². The Balaban J connectivity index is -0.000000175. The fraction of sp³-hybridized carbons (Fsp3) is 0.889. The predicted molar refractivity (Wildman–Crippen MR) is 55.4 cm³/mol. The maximum absolute atomic E-state index is 10.3. The van der Waals surface area contributed by atoms with Gasteiger partial charge in [0.05, 0.1) is 0 Å². The molecule has 0 unspecified atom stereocenters. The first-order valence-electron chi connectivity index (χ1n) is 4.76. The minimum atomic E-state index is -0.105. The second kappa shape index (κ2) is 22.4. The smallest absolute Gasteiger partial charge is 0.314 e. The summed E-state index contributed by atoms with van der Waals surface area (Å²) in [6, 6.07) is -0.105. The Kier molecular flexibility index (Phi) is 32.5. The van der Waals surface area contributed by atoms with Crippen molar-refractivity contribution in [2.24, 2.45) is 0 Å². The molecule has 12 heavy (non-hydrogen) atoms. The van der Waals surface area contributed by atoms with Crippen molar-refractivity contribution in [1.29, 1.82) is 0 Å². The molecule has 0 rings (SSSR count). The van der Waals surface area contributed by atoms with Crippen molar-refractivity contribution < 1.29 is 4.79 Å². The Morgan fingerprint density at radius 3 is 1.83 bits per heavy atom. The van der Waals surface area contributed by atoms with Gasteiger partial charge < -0.3 is 10.6 Å². The lowest BCUT2D eigenvalue weighted by Gasteiger charge is -1.98. The molecule has 0 atom stereocenters. The minimum absolute atomic E-state index is 0.105. The van der Waals surface area contributed by atoms with Gasteiger partial charge in [0.2, 0.25) is 0 Å². The molecule has 3 nitrogen and oxygen atoms in total. The summed E-state index contributed by atoms with van der Waals surface area (Å²) >= 11 is 0. The van der Waals surface area contributed by atoms with Gasteiger partial charge in [-0.05, 0) is 6.42 Å². The summed E-state index contributed by atoms with van der Waals surface area (Å²) in [4.78, 5) is 10.3. The van der Waals surface area contributed by atoms with E-state index in [9.17, 15) is 4.79 Å². The molecule has 0 bridgehead atoms. The molecule has 0 aromatic heterocycles. The van der Waals surface area contributed by atoms with Crippen molar-refractivity contribution >= 4 is 6.03 Å². The van der Waals surface area contributed by atoms with Crippen LogP contribution in [-0.2, 0) is 0 Å². The summed E-state index contributed by atoms with van der Waals surface area (Å²) in [6.45, 7) is 10.8. The molecule has 76 valence electrons. The predicted octanol–water partition coefficient (Wildman–Crippen LogP) is 2.38. The van der Waals surface area contributed by atoms with E-state index in [0.29, 0.717) is 0 Å². The standard InChI is InChI=1S/C5H12N2O.2C2H6/c1-3-4-7-5(8)6-2;2*1-2/h3-4H2,1-2H3,(H2,6,7,8);2*1-2H3. The minimum Gasteiger partial charge on any atom is -0.341 e. The SMILES string of the molecule is CC.CC.CCCNC(=O)NC. The van der Waals surface area contributed by atoms with Gasteiger partial charge in [-0.15, -0.1) is 0 Å². The number of hydrogen-bond donors (Lipinski definition) is 2. The lowest BCUT2D eigenvalue weighted by molar-refractivity contribution is 0.243. The maximum atomic E-state index is 10.3. The number of carbonyl (C=O) groups excluding carboxylic acids is 1. The van der Waals surface area contributed by atoms with Crippen molar-refractivity contribution in [3.63, 3.8) is 0 Å². The van der Waals surface area contributed by atoms with Crippen LogP contribution in [0.25, 0.3) is 0 Å². The van der Waals surface area contributed by atoms with E-state index in [1.807, 2.05) is 34.6 Å². The monoisotopic (exact) mass is 176 g/mol. The molecule has 0 fully saturated rings. The highest BCUT2D eigenvalue weighted by Crippen LogP contribution is 1.68. The van der Waals surface area contributed by atoms with Crippen LogP contribution >= 0.6 is 0 Å². The average Bonchev–Trinajstić information content (AvgIpc) is 2.20. The van der Waals surface area contributed by atoms with Gasteiger partial charge in [0.25, 0.3) is 0 Å². The first-order chi connectivity index (χ1) is 5.81. The summed E-state index contributed by atoms with van der Waals surface area (Å²) in [7, 11) is 1.60. The lowest BCUT2D eigenvalue weighted by Crippen LogP contribution is -2.32. The third-order valence-corrected chi connectivity index (χ3v) is 0.763. The quantitative estimate of drug-likeness (QED) is 0.666. The van der Waals surface area contributed by atoms with E-state index in [4.69, 9.17) is 0 Å². The van der Waals surface area contributed by atoms with Gasteiger partial charge >= 0.3 is 6.03 Å². The van der Waals surface area contributed by atoms with Crippen molar-refractivity contribution in [2.45, 2.75) is 41.0 Å². The molecule has 0 radical (unpaired) electrons. The van der Waals surface area contributed by atoms with Crippen molar-refractivity contribution in [2.75, 3.05) is 13.6 Å². The second-order valence-electron chi connectivity index (χ2n) is 1.51. The molecule has 0 saturated carbocycles. The largest absolute Gasteiger partial charge is 0.341 e. The van der Waals surface area contributed by atoms with Gasteiger partial charge in [-0.2, -0.15) is 0 Å². The van der Waals surface area contributed by atoms with Crippen LogP contribution < -0.4 is 10.6 Å². The molecule has 2 N–H and O–H groups in total. The average molecular weight is 176 g/mol. The molecule has 0 aliphatic carbocycles. The number of urea groups is 1. The molecule has 0 aromatic rings. The summed E-state index contributed by atoms with van der Waals surface area (Å²) in [5.41, 5.74) is 0.